The molecule has 2 nitrogen and oxygen atoms in total. The van der Waals surface area contributed by atoms with Crippen LogP contribution in [0.1, 0.15) is 72.6 Å². The van der Waals surface area contributed by atoms with Gasteiger partial charge in [0.15, 0.2) is 5.82 Å². The molecule has 0 aliphatic heterocycles. The van der Waals surface area contributed by atoms with Crippen molar-refractivity contribution in [2.75, 3.05) is 0 Å². The van der Waals surface area contributed by atoms with E-state index >= 15 is 0 Å². The predicted molar refractivity (Wildman–Crippen MR) is 75.6 cm³/mol. The Hall–Kier alpha value is -0.200. The highest BCUT2D eigenvalue weighted by atomic mass is 31.1. The Kier molecular flexibility index (Phi) is 9.68. The summed E-state index contributed by atoms with van der Waals surface area (Å²) in [6, 6.07) is 0. The molecule has 0 saturated carbocycles. The average molecular weight is 259 g/mol. The smallest absolute Gasteiger partial charge is 0.137 e. The van der Waals surface area contributed by atoms with Gasteiger partial charge in [-0.05, 0) is 44.3 Å². The standard InChI is InChI=1S/C14H28O2P/c1-5-6-7-8-9-10-11-12-13-17(15)16-14(2,3)4/h12-13H,5-11H2,1-4H3/q+1/b13-12+. The lowest BCUT2D eigenvalue weighted by Crippen LogP contribution is -2.14. The van der Waals surface area contributed by atoms with Crippen LogP contribution in [0.25, 0.3) is 0 Å². The second-order valence-corrected chi connectivity index (χ2v) is 6.48. The molecule has 0 rings (SSSR count). The molecule has 0 aliphatic rings. The van der Waals surface area contributed by atoms with Crippen molar-refractivity contribution in [1.29, 1.82) is 0 Å². The molecule has 0 heterocycles. The van der Waals surface area contributed by atoms with Gasteiger partial charge in [0.2, 0.25) is 0 Å². The van der Waals surface area contributed by atoms with Gasteiger partial charge in [-0.2, -0.15) is 0 Å². The SMILES string of the molecule is CCCCCCCC/C=C/[P+](=O)OC(C)(C)C. The third-order valence-corrected chi connectivity index (χ3v) is 3.50. The van der Waals surface area contributed by atoms with E-state index in [9.17, 15) is 4.57 Å². The topological polar surface area (TPSA) is 26.3 Å². The minimum Gasteiger partial charge on any atom is -0.137 e. The average Bonchev–Trinajstić information content (AvgIpc) is 2.19. The lowest BCUT2D eigenvalue weighted by molar-refractivity contribution is 0.146. The summed E-state index contributed by atoms with van der Waals surface area (Å²) < 4.78 is 16.8. The Bertz CT molecular complexity index is 229. The Morgan fingerprint density at radius 3 is 2.24 bits per heavy atom. The second-order valence-electron chi connectivity index (χ2n) is 5.43. The van der Waals surface area contributed by atoms with Crippen LogP contribution in [0.3, 0.4) is 0 Å². The van der Waals surface area contributed by atoms with Gasteiger partial charge in [0.25, 0.3) is 0 Å². The molecule has 1 unspecified atom stereocenters. The Morgan fingerprint density at radius 1 is 1.06 bits per heavy atom. The maximum Gasteiger partial charge on any atom is 0.541 e. The molecule has 0 aromatic heterocycles. The lowest BCUT2D eigenvalue weighted by Gasteiger charge is -2.07. The zero-order valence-electron chi connectivity index (χ0n) is 11.9. The van der Waals surface area contributed by atoms with Gasteiger partial charge in [-0.3, -0.25) is 0 Å². The molecule has 1 atom stereocenters. The number of hydrogen-bond acceptors (Lipinski definition) is 2. The van der Waals surface area contributed by atoms with E-state index in [4.69, 9.17) is 4.52 Å². The van der Waals surface area contributed by atoms with E-state index in [1.165, 1.54) is 38.5 Å². The highest BCUT2D eigenvalue weighted by molar-refractivity contribution is 7.42. The van der Waals surface area contributed by atoms with E-state index in [-0.39, 0.29) is 5.60 Å². The van der Waals surface area contributed by atoms with Crippen molar-refractivity contribution in [2.45, 2.75) is 78.2 Å². The highest BCUT2D eigenvalue weighted by Crippen LogP contribution is 2.31. The van der Waals surface area contributed by atoms with Crippen molar-refractivity contribution >= 4 is 8.03 Å². The summed E-state index contributed by atoms with van der Waals surface area (Å²) in [5.74, 6) is 1.70. The monoisotopic (exact) mass is 259 g/mol. The fourth-order valence-electron chi connectivity index (χ4n) is 1.50. The summed E-state index contributed by atoms with van der Waals surface area (Å²) in [6.45, 7) is 7.99. The molecule has 100 valence electrons. The normalized spacial score (nSPS) is 13.3. The third kappa shape index (κ3) is 13.7. The van der Waals surface area contributed by atoms with Crippen molar-refractivity contribution in [3.63, 3.8) is 0 Å². The maximum atomic E-state index is 11.5. The molecule has 0 N–H and O–H groups in total. The lowest BCUT2D eigenvalue weighted by atomic mass is 10.1. The molecule has 3 heteroatoms. The van der Waals surface area contributed by atoms with Gasteiger partial charge in [-0.25, -0.2) is 0 Å². The zero-order chi connectivity index (χ0) is 13.1. The molecular weight excluding hydrogens is 231 g/mol. The fraction of sp³-hybridized carbons (Fsp3) is 0.857. The van der Waals surface area contributed by atoms with Crippen LogP contribution in [0.5, 0.6) is 0 Å². The summed E-state index contributed by atoms with van der Waals surface area (Å²) >= 11 is 0. The molecule has 0 aromatic carbocycles. The second kappa shape index (κ2) is 9.79. The minimum atomic E-state index is -1.63. The van der Waals surface area contributed by atoms with Crippen LogP contribution in [0.4, 0.5) is 0 Å². The van der Waals surface area contributed by atoms with Crippen molar-refractivity contribution in [1.82, 2.24) is 0 Å². The Morgan fingerprint density at radius 2 is 1.65 bits per heavy atom. The molecule has 0 fully saturated rings. The van der Waals surface area contributed by atoms with Gasteiger partial charge in [-0.1, -0.05) is 39.0 Å². The quantitative estimate of drug-likeness (QED) is 0.386. The summed E-state index contributed by atoms with van der Waals surface area (Å²) in [5, 5.41) is 0. The number of hydrogen-bond donors (Lipinski definition) is 0. The van der Waals surface area contributed by atoms with Crippen LogP contribution >= 0.6 is 8.03 Å². The molecule has 0 aliphatic carbocycles. The first-order valence-corrected chi connectivity index (χ1v) is 8.02. The predicted octanol–water partition coefficient (Wildman–Crippen LogP) is 5.81. The molecule has 0 bridgehead atoms. The minimum absolute atomic E-state index is 0.321. The number of allylic oxidation sites excluding steroid dienone is 1. The first-order valence-electron chi connectivity index (χ1n) is 6.78. The van der Waals surface area contributed by atoms with Crippen LogP contribution < -0.4 is 0 Å². The van der Waals surface area contributed by atoms with Crippen LogP contribution in [0.2, 0.25) is 0 Å². The van der Waals surface area contributed by atoms with Gasteiger partial charge < -0.3 is 0 Å². The van der Waals surface area contributed by atoms with Gasteiger partial charge in [-0.15, -0.1) is 4.52 Å². The third-order valence-electron chi connectivity index (χ3n) is 2.32. The van der Waals surface area contributed by atoms with Gasteiger partial charge in [0, 0.05) is 0 Å². The highest BCUT2D eigenvalue weighted by Gasteiger charge is 2.24. The van der Waals surface area contributed by atoms with Gasteiger partial charge >= 0.3 is 8.03 Å². The zero-order valence-corrected chi connectivity index (χ0v) is 12.8. The van der Waals surface area contributed by atoms with Crippen molar-refractivity contribution in [3.8, 4) is 0 Å². The van der Waals surface area contributed by atoms with E-state index in [0.29, 0.717) is 0 Å². The molecule has 0 radical (unpaired) electrons. The van der Waals surface area contributed by atoms with E-state index in [1.54, 1.807) is 5.82 Å². The van der Waals surface area contributed by atoms with Gasteiger partial charge in [0.05, 0.1) is 0 Å². The van der Waals surface area contributed by atoms with E-state index in [2.05, 4.69) is 6.92 Å². The van der Waals surface area contributed by atoms with Crippen LogP contribution in [-0.4, -0.2) is 5.60 Å². The van der Waals surface area contributed by atoms with E-state index in [1.807, 2.05) is 26.8 Å². The van der Waals surface area contributed by atoms with Gasteiger partial charge in [0.1, 0.15) is 5.60 Å². The Labute approximate surface area is 108 Å². The maximum absolute atomic E-state index is 11.5. The van der Waals surface area contributed by atoms with Crippen LogP contribution in [0, 0.1) is 0 Å². The van der Waals surface area contributed by atoms with Crippen LogP contribution in [-0.2, 0) is 9.09 Å². The van der Waals surface area contributed by atoms with Crippen molar-refractivity contribution in [2.24, 2.45) is 0 Å². The fourth-order valence-corrected chi connectivity index (χ4v) is 2.43. The van der Waals surface area contributed by atoms with E-state index < -0.39 is 8.03 Å². The molecule has 0 aromatic rings. The molecular formula is C14H28O2P+. The molecule has 17 heavy (non-hydrogen) atoms. The first-order chi connectivity index (χ1) is 7.95. The molecule has 0 amide bonds. The summed E-state index contributed by atoms with van der Waals surface area (Å²) in [5.41, 5.74) is -0.321. The Balaban J connectivity index is 3.44. The summed E-state index contributed by atoms with van der Waals surface area (Å²) in [4.78, 5) is 0. The largest absolute Gasteiger partial charge is 0.541 e. The molecule has 0 spiro atoms. The van der Waals surface area contributed by atoms with Crippen LogP contribution in [0.15, 0.2) is 11.9 Å². The molecule has 0 saturated heterocycles. The number of rotatable bonds is 9. The number of unbranched alkanes of at least 4 members (excludes halogenated alkanes) is 6. The summed E-state index contributed by atoms with van der Waals surface area (Å²) in [6.07, 6.45) is 10.8. The van der Waals surface area contributed by atoms with Crippen molar-refractivity contribution < 1.29 is 9.09 Å². The summed E-state index contributed by atoms with van der Waals surface area (Å²) in [7, 11) is -1.63. The van der Waals surface area contributed by atoms with Crippen molar-refractivity contribution in [3.05, 3.63) is 11.9 Å². The first kappa shape index (κ1) is 16.8. The van der Waals surface area contributed by atoms with E-state index in [0.717, 1.165) is 6.42 Å².